The van der Waals surface area contributed by atoms with Crippen LogP contribution in [0.2, 0.25) is 0 Å². The molecule has 1 aromatic heterocycles. The number of nitrogens with zero attached hydrogens (tertiary/aromatic N) is 5. The van der Waals surface area contributed by atoms with E-state index in [9.17, 15) is 14.4 Å². The van der Waals surface area contributed by atoms with Crippen LogP contribution in [0.15, 0.2) is 42.5 Å². The third kappa shape index (κ3) is 4.09. The number of rotatable bonds is 3. The Balaban J connectivity index is 1.57. The summed E-state index contributed by atoms with van der Waals surface area (Å²) in [5, 5.41) is 0. The quantitative estimate of drug-likeness (QED) is 0.654. The van der Waals surface area contributed by atoms with Crippen molar-refractivity contribution in [1.82, 2.24) is 9.88 Å². The Morgan fingerprint density at radius 1 is 1.06 bits per heavy atom. The normalized spacial score (nSPS) is 22.5. The second-order valence-corrected chi connectivity index (χ2v) is 10.4. The number of pyridine rings is 1. The van der Waals surface area contributed by atoms with Gasteiger partial charge in [-0.25, -0.2) is 19.5 Å². The van der Waals surface area contributed by atoms with Crippen LogP contribution in [-0.2, 0) is 9.53 Å². The first kappa shape index (κ1) is 23.1. The molecule has 1 saturated carbocycles. The minimum absolute atomic E-state index is 0.0226. The van der Waals surface area contributed by atoms with E-state index in [1.165, 1.54) is 0 Å². The topological polar surface area (TPSA) is 86.3 Å². The number of carbonyl (C=O) groups excluding carboxylic acids is 3. The third-order valence-electron chi connectivity index (χ3n) is 6.64. The minimum atomic E-state index is -0.727. The number of benzene rings is 1. The Morgan fingerprint density at radius 2 is 1.74 bits per heavy atom. The van der Waals surface area contributed by atoms with Crippen LogP contribution in [0.3, 0.4) is 0 Å². The van der Waals surface area contributed by atoms with Crippen LogP contribution >= 0.6 is 0 Å². The molecule has 1 aromatic carbocycles. The Morgan fingerprint density at radius 3 is 2.37 bits per heavy atom. The van der Waals surface area contributed by atoms with Crippen LogP contribution < -0.4 is 14.7 Å². The summed E-state index contributed by atoms with van der Waals surface area (Å²) in [4.78, 5) is 50.7. The Hall–Kier alpha value is -3.62. The molecule has 9 heteroatoms. The highest BCUT2D eigenvalue weighted by Crippen LogP contribution is 2.43. The molecule has 0 spiro atoms. The average Bonchev–Trinajstić information content (AvgIpc) is 3.58. The van der Waals surface area contributed by atoms with Gasteiger partial charge >= 0.3 is 12.1 Å². The first-order valence-electron chi connectivity index (χ1n) is 12.0. The monoisotopic (exact) mass is 477 g/mol. The molecule has 3 aliphatic rings. The molecule has 2 aromatic rings. The number of imide groups is 1. The minimum Gasteiger partial charge on any atom is -0.443 e. The number of hydrogen-bond acceptors (Lipinski definition) is 6. The zero-order valence-electron chi connectivity index (χ0n) is 20.8. The van der Waals surface area contributed by atoms with Gasteiger partial charge < -0.3 is 14.5 Å². The van der Waals surface area contributed by atoms with Crippen molar-refractivity contribution < 1.29 is 19.1 Å². The Labute approximate surface area is 205 Å². The van der Waals surface area contributed by atoms with E-state index in [2.05, 4.69) is 4.90 Å². The maximum Gasteiger partial charge on any atom is 0.418 e. The van der Waals surface area contributed by atoms with Crippen LogP contribution in [0.4, 0.5) is 26.9 Å². The summed E-state index contributed by atoms with van der Waals surface area (Å²) < 4.78 is 5.51. The van der Waals surface area contributed by atoms with Gasteiger partial charge in [0.25, 0.3) is 0 Å². The van der Waals surface area contributed by atoms with Crippen LogP contribution in [0.25, 0.3) is 0 Å². The first-order valence-corrected chi connectivity index (χ1v) is 12.0. The van der Waals surface area contributed by atoms with Crippen LogP contribution in [0.5, 0.6) is 0 Å². The fourth-order valence-electron chi connectivity index (χ4n) is 4.81. The molecule has 9 nitrogen and oxygen atoms in total. The SMILES string of the molecule is CC1C(=O)N(C)c2ccc(N3C(=O)N(C(=O)OC(C)(C)C)CC3c3ccccc3)nc2N1C1CC1. The van der Waals surface area contributed by atoms with E-state index in [1.54, 1.807) is 43.7 Å². The van der Waals surface area contributed by atoms with E-state index in [-0.39, 0.29) is 24.5 Å². The molecule has 0 radical (unpaired) electrons. The molecule has 184 valence electrons. The van der Waals surface area contributed by atoms with Crippen molar-refractivity contribution in [1.29, 1.82) is 0 Å². The smallest absolute Gasteiger partial charge is 0.418 e. The summed E-state index contributed by atoms with van der Waals surface area (Å²) in [5.74, 6) is 1.15. The van der Waals surface area contributed by atoms with Gasteiger partial charge in [0.15, 0.2) is 5.82 Å². The molecule has 5 rings (SSSR count). The van der Waals surface area contributed by atoms with Gasteiger partial charge in [0.05, 0.1) is 18.3 Å². The fourth-order valence-corrected chi connectivity index (χ4v) is 4.81. The van der Waals surface area contributed by atoms with E-state index < -0.39 is 23.8 Å². The highest BCUT2D eigenvalue weighted by molar-refractivity contribution is 6.06. The highest BCUT2D eigenvalue weighted by Gasteiger charge is 2.46. The largest absolute Gasteiger partial charge is 0.443 e. The zero-order valence-corrected chi connectivity index (χ0v) is 20.8. The van der Waals surface area contributed by atoms with Crippen molar-refractivity contribution in [2.24, 2.45) is 0 Å². The number of fused-ring (bicyclic) bond motifs is 1. The van der Waals surface area contributed by atoms with Gasteiger partial charge in [0.1, 0.15) is 17.5 Å². The maximum absolute atomic E-state index is 13.6. The van der Waals surface area contributed by atoms with E-state index in [0.29, 0.717) is 11.6 Å². The van der Waals surface area contributed by atoms with E-state index in [4.69, 9.17) is 9.72 Å². The molecule has 0 N–H and O–H groups in total. The third-order valence-corrected chi connectivity index (χ3v) is 6.64. The maximum atomic E-state index is 13.6. The number of hydrogen-bond donors (Lipinski definition) is 0. The lowest BCUT2D eigenvalue weighted by atomic mass is 10.1. The molecule has 0 bridgehead atoms. The molecular weight excluding hydrogens is 446 g/mol. The molecule has 4 amide bonds. The van der Waals surface area contributed by atoms with E-state index in [0.717, 1.165) is 29.0 Å². The standard InChI is InChI=1S/C26H31N5O4/c1-16-23(32)28(5)19-13-14-21(27-22(19)30(16)18-11-12-18)31-20(17-9-7-6-8-10-17)15-29(24(31)33)25(34)35-26(2,3)4/h6-10,13-14,16,18,20H,11-12,15H2,1-5H3. The van der Waals surface area contributed by atoms with Gasteiger partial charge in [-0.05, 0) is 58.2 Å². The van der Waals surface area contributed by atoms with Crippen LogP contribution in [0, 0.1) is 0 Å². The van der Waals surface area contributed by atoms with E-state index in [1.807, 2.05) is 43.3 Å². The number of carbonyl (C=O) groups is 3. The van der Waals surface area contributed by atoms with Crippen molar-refractivity contribution >= 4 is 35.4 Å². The van der Waals surface area contributed by atoms with Gasteiger partial charge in [0.2, 0.25) is 5.91 Å². The number of anilines is 3. The first-order chi connectivity index (χ1) is 16.6. The predicted octanol–water partition coefficient (Wildman–Crippen LogP) is 4.33. The second kappa shape index (κ2) is 8.25. The number of urea groups is 1. The molecule has 2 fully saturated rings. The van der Waals surface area contributed by atoms with Crippen molar-refractivity contribution in [2.45, 2.75) is 64.3 Å². The van der Waals surface area contributed by atoms with Gasteiger partial charge in [-0.2, -0.15) is 0 Å². The molecule has 2 unspecified atom stereocenters. The molecule has 1 saturated heterocycles. The summed E-state index contributed by atoms with van der Waals surface area (Å²) >= 11 is 0. The number of likely N-dealkylation sites (N-methyl/N-ethyl adjacent to an activating group) is 1. The summed E-state index contributed by atoms with van der Waals surface area (Å²) in [6.45, 7) is 7.36. The van der Waals surface area contributed by atoms with E-state index >= 15 is 0 Å². The molecule has 2 aliphatic heterocycles. The molecule has 1 aliphatic carbocycles. The van der Waals surface area contributed by atoms with Gasteiger partial charge in [-0.15, -0.1) is 0 Å². The van der Waals surface area contributed by atoms with Crippen molar-refractivity contribution in [3.8, 4) is 0 Å². The second-order valence-electron chi connectivity index (χ2n) is 10.4. The Bertz CT molecular complexity index is 1170. The van der Waals surface area contributed by atoms with Gasteiger partial charge in [0, 0.05) is 13.1 Å². The predicted molar refractivity (Wildman–Crippen MR) is 133 cm³/mol. The van der Waals surface area contributed by atoms with Crippen molar-refractivity contribution in [3.05, 3.63) is 48.0 Å². The summed E-state index contributed by atoms with van der Waals surface area (Å²) in [6.07, 6.45) is 1.34. The highest BCUT2D eigenvalue weighted by atomic mass is 16.6. The zero-order chi connectivity index (χ0) is 25.1. The fraction of sp³-hybridized carbons (Fsp3) is 0.462. The Kier molecular flexibility index (Phi) is 5.45. The van der Waals surface area contributed by atoms with Crippen LogP contribution in [-0.4, -0.2) is 59.2 Å². The van der Waals surface area contributed by atoms with Gasteiger partial charge in [-0.1, -0.05) is 30.3 Å². The molecular formula is C26H31N5O4. The number of ether oxygens (including phenoxy) is 1. The lowest BCUT2D eigenvalue weighted by molar-refractivity contribution is -0.119. The summed E-state index contributed by atoms with van der Waals surface area (Å²) in [5.41, 5.74) is 0.886. The lowest BCUT2D eigenvalue weighted by Gasteiger charge is -2.40. The molecule has 3 heterocycles. The average molecular weight is 478 g/mol. The lowest BCUT2D eigenvalue weighted by Crippen LogP contribution is -2.52. The number of amides is 4. The van der Waals surface area contributed by atoms with Gasteiger partial charge in [-0.3, -0.25) is 9.69 Å². The number of aromatic nitrogens is 1. The molecule has 2 atom stereocenters. The summed E-state index contributed by atoms with van der Waals surface area (Å²) in [6, 6.07) is 12.2. The van der Waals surface area contributed by atoms with Crippen LogP contribution in [0.1, 0.15) is 52.1 Å². The van der Waals surface area contributed by atoms with Crippen molar-refractivity contribution in [3.63, 3.8) is 0 Å². The van der Waals surface area contributed by atoms with Crippen molar-refractivity contribution in [2.75, 3.05) is 28.3 Å². The molecule has 35 heavy (non-hydrogen) atoms. The summed E-state index contributed by atoms with van der Waals surface area (Å²) in [7, 11) is 1.75.